The number of allylic oxidation sites excluding steroid dienone is 4. The van der Waals surface area contributed by atoms with Crippen LogP contribution in [0, 0.1) is 0 Å². The Morgan fingerprint density at radius 1 is 1.56 bits per heavy atom. The minimum absolute atomic E-state index is 0.568. The van der Waals surface area contributed by atoms with Gasteiger partial charge in [0.15, 0.2) is 0 Å². The van der Waals surface area contributed by atoms with E-state index in [9.17, 15) is 4.79 Å². The quantitative estimate of drug-likeness (QED) is 0.477. The highest BCUT2D eigenvalue weighted by Gasteiger charge is 1.91. The van der Waals surface area contributed by atoms with Gasteiger partial charge in [0.2, 0.25) is 6.41 Å². The Balaban J connectivity index is 2.65. The largest absolute Gasteiger partial charge is 0.276 e. The number of hydrogen-bond acceptors (Lipinski definition) is 1. The lowest BCUT2D eigenvalue weighted by atomic mass is 10.2. The first-order valence-electron chi connectivity index (χ1n) is 2.77. The summed E-state index contributed by atoms with van der Waals surface area (Å²) in [4.78, 5) is 13.4. The molecule has 1 aliphatic carbocycles. The van der Waals surface area contributed by atoms with Crippen LogP contribution in [0.5, 0.6) is 0 Å². The number of carbonyl (C=O) groups excluding carboxylic acids is 1. The van der Waals surface area contributed by atoms with Crippen molar-refractivity contribution in [3.8, 4) is 0 Å². The standard InChI is InChI=1S/C7H7NO/c9-6-8-7-4-2-1-3-5-7/h1-4,6H,5H2. The fourth-order valence-corrected chi connectivity index (χ4v) is 0.665. The third kappa shape index (κ3) is 1.64. The van der Waals surface area contributed by atoms with Crippen molar-refractivity contribution in [3.63, 3.8) is 0 Å². The average Bonchev–Trinajstić information content (AvgIpc) is 1.91. The Morgan fingerprint density at radius 2 is 2.44 bits per heavy atom. The van der Waals surface area contributed by atoms with Crippen LogP contribution in [-0.4, -0.2) is 12.1 Å². The van der Waals surface area contributed by atoms with Gasteiger partial charge in [-0.15, -0.1) is 0 Å². The highest BCUT2D eigenvalue weighted by atomic mass is 16.1. The van der Waals surface area contributed by atoms with Crippen molar-refractivity contribution >= 4 is 12.1 Å². The fraction of sp³-hybridized carbons (Fsp3) is 0.143. The van der Waals surface area contributed by atoms with E-state index in [2.05, 4.69) is 4.99 Å². The molecule has 0 saturated carbocycles. The molecule has 1 amide bonds. The Labute approximate surface area is 53.6 Å². The minimum atomic E-state index is 0.568. The molecule has 0 aliphatic heterocycles. The van der Waals surface area contributed by atoms with Gasteiger partial charge in [-0.1, -0.05) is 18.2 Å². The molecule has 0 N–H and O–H groups in total. The van der Waals surface area contributed by atoms with Crippen LogP contribution in [0.15, 0.2) is 29.3 Å². The van der Waals surface area contributed by atoms with Crippen molar-refractivity contribution in [2.24, 2.45) is 4.99 Å². The fourth-order valence-electron chi connectivity index (χ4n) is 0.665. The molecule has 0 aromatic heterocycles. The van der Waals surface area contributed by atoms with E-state index in [0.29, 0.717) is 6.41 Å². The molecule has 9 heavy (non-hydrogen) atoms. The van der Waals surface area contributed by atoms with Crippen LogP contribution in [0.1, 0.15) is 6.42 Å². The smallest absolute Gasteiger partial charge is 0.233 e. The Morgan fingerprint density at radius 3 is 3.00 bits per heavy atom. The normalized spacial score (nSPS) is 20.7. The van der Waals surface area contributed by atoms with E-state index < -0.39 is 0 Å². The van der Waals surface area contributed by atoms with Crippen LogP contribution < -0.4 is 0 Å². The first-order valence-corrected chi connectivity index (χ1v) is 2.77. The third-order valence-corrected chi connectivity index (χ3v) is 1.08. The molecule has 0 unspecified atom stereocenters. The van der Waals surface area contributed by atoms with Crippen LogP contribution in [0.4, 0.5) is 0 Å². The van der Waals surface area contributed by atoms with Gasteiger partial charge in [0.05, 0.1) is 0 Å². The van der Waals surface area contributed by atoms with E-state index >= 15 is 0 Å². The van der Waals surface area contributed by atoms with Gasteiger partial charge in [0, 0.05) is 12.1 Å². The predicted octanol–water partition coefficient (Wildman–Crippen LogP) is 1.10. The zero-order chi connectivity index (χ0) is 6.53. The molecule has 0 spiro atoms. The van der Waals surface area contributed by atoms with Gasteiger partial charge in [0.1, 0.15) is 0 Å². The summed E-state index contributed by atoms with van der Waals surface area (Å²) in [6.45, 7) is 0. The molecule has 0 radical (unpaired) electrons. The second kappa shape index (κ2) is 2.97. The summed E-state index contributed by atoms with van der Waals surface area (Å²) in [5.74, 6) is 0. The van der Waals surface area contributed by atoms with E-state index in [0.717, 1.165) is 12.1 Å². The molecule has 0 aromatic carbocycles. The first kappa shape index (κ1) is 5.95. The summed E-state index contributed by atoms with van der Waals surface area (Å²) in [5, 5.41) is 0. The summed E-state index contributed by atoms with van der Waals surface area (Å²) in [5.41, 5.74) is 0.826. The number of aliphatic imine (C=N–C) groups is 1. The lowest BCUT2D eigenvalue weighted by Gasteiger charge is -1.95. The van der Waals surface area contributed by atoms with Crippen molar-refractivity contribution in [2.75, 3.05) is 0 Å². The van der Waals surface area contributed by atoms with E-state index in [1.807, 2.05) is 24.3 Å². The van der Waals surface area contributed by atoms with E-state index in [-0.39, 0.29) is 0 Å². The number of rotatable bonds is 1. The zero-order valence-electron chi connectivity index (χ0n) is 4.95. The Bertz CT molecular complexity index is 189. The first-order chi connectivity index (χ1) is 4.43. The van der Waals surface area contributed by atoms with Crippen LogP contribution in [-0.2, 0) is 4.79 Å². The van der Waals surface area contributed by atoms with Crippen LogP contribution in [0.25, 0.3) is 0 Å². The van der Waals surface area contributed by atoms with E-state index in [1.165, 1.54) is 0 Å². The van der Waals surface area contributed by atoms with Gasteiger partial charge in [-0.2, -0.15) is 0 Å². The van der Waals surface area contributed by atoms with Crippen molar-refractivity contribution in [2.45, 2.75) is 6.42 Å². The van der Waals surface area contributed by atoms with E-state index in [4.69, 9.17) is 0 Å². The second-order valence-corrected chi connectivity index (χ2v) is 1.72. The molecule has 0 saturated heterocycles. The van der Waals surface area contributed by atoms with Gasteiger partial charge in [0.25, 0.3) is 0 Å². The van der Waals surface area contributed by atoms with Crippen molar-refractivity contribution < 1.29 is 4.79 Å². The molecule has 2 nitrogen and oxygen atoms in total. The molecule has 1 rings (SSSR count). The topological polar surface area (TPSA) is 29.4 Å². The maximum absolute atomic E-state index is 9.83. The maximum atomic E-state index is 9.83. The lowest BCUT2D eigenvalue weighted by Crippen LogP contribution is -1.93. The average molecular weight is 121 g/mol. The minimum Gasteiger partial charge on any atom is -0.276 e. The van der Waals surface area contributed by atoms with Crippen LogP contribution in [0.3, 0.4) is 0 Å². The number of nitrogens with zero attached hydrogens (tertiary/aromatic N) is 1. The summed E-state index contributed by atoms with van der Waals surface area (Å²) < 4.78 is 0. The Hall–Kier alpha value is -1.18. The molecule has 0 heterocycles. The van der Waals surface area contributed by atoms with Gasteiger partial charge < -0.3 is 0 Å². The molecule has 0 atom stereocenters. The van der Waals surface area contributed by atoms with Crippen LogP contribution >= 0.6 is 0 Å². The maximum Gasteiger partial charge on any atom is 0.233 e. The molecule has 46 valence electrons. The molecular formula is C7H7NO. The highest BCUT2D eigenvalue weighted by Crippen LogP contribution is 1.97. The van der Waals surface area contributed by atoms with Crippen molar-refractivity contribution in [1.29, 1.82) is 0 Å². The summed E-state index contributed by atoms with van der Waals surface area (Å²) in [6.07, 6.45) is 8.93. The van der Waals surface area contributed by atoms with Gasteiger partial charge in [-0.25, -0.2) is 4.99 Å². The zero-order valence-corrected chi connectivity index (χ0v) is 4.95. The predicted molar refractivity (Wildman–Crippen MR) is 36.4 cm³/mol. The van der Waals surface area contributed by atoms with Crippen molar-refractivity contribution in [1.82, 2.24) is 0 Å². The molecule has 1 aliphatic rings. The molecule has 0 bridgehead atoms. The number of amides is 1. The summed E-state index contributed by atoms with van der Waals surface area (Å²) in [7, 11) is 0. The van der Waals surface area contributed by atoms with Crippen LogP contribution in [0.2, 0.25) is 0 Å². The highest BCUT2D eigenvalue weighted by molar-refractivity contribution is 6.00. The van der Waals surface area contributed by atoms with Crippen molar-refractivity contribution in [3.05, 3.63) is 24.3 Å². The van der Waals surface area contributed by atoms with Gasteiger partial charge in [-0.3, -0.25) is 4.79 Å². The second-order valence-electron chi connectivity index (χ2n) is 1.72. The lowest BCUT2D eigenvalue weighted by molar-refractivity contribution is -0.106. The number of carbonyl (C=O) groups is 1. The summed E-state index contributed by atoms with van der Waals surface area (Å²) in [6, 6.07) is 0. The molecule has 0 aromatic rings. The van der Waals surface area contributed by atoms with Gasteiger partial charge >= 0.3 is 0 Å². The summed E-state index contributed by atoms with van der Waals surface area (Å²) >= 11 is 0. The Kier molecular flexibility index (Phi) is 1.96. The number of hydrogen-bond donors (Lipinski definition) is 0. The van der Waals surface area contributed by atoms with E-state index in [1.54, 1.807) is 0 Å². The molecule has 2 heteroatoms. The monoisotopic (exact) mass is 121 g/mol. The third-order valence-electron chi connectivity index (χ3n) is 1.08. The molecule has 0 fully saturated rings. The van der Waals surface area contributed by atoms with Gasteiger partial charge in [-0.05, 0) is 6.08 Å². The SMILES string of the molecule is O=CN=C1C=CC=CC1. The molecular weight excluding hydrogens is 114 g/mol.